The number of imide groups is 1. The summed E-state index contributed by atoms with van der Waals surface area (Å²) in [4.78, 5) is 40.8. The van der Waals surface area contributed by atoms with E-state index in [2.05, 4.69) is 12.2 Å². The first kappa shape index (κ1) is 20.3. The summed E-state index contributed by atoms with van der Waals surface area (Å²) < 4.78 is 13.2. The van der Waals surface area contributed by atoms with E-state index in [1.165, 1.54) is 17.0 Å². The second kappa shape index (κ2) is 7.89. The molecule has 0 radical (unpaired) electrons. The molecule has 1 aliphatic carbocycles. The van der Waals surface area contributed by atoms with E-state index in [4.69, 9.17) is 0 Å². The number of halogens is 1. The minimum absolute atomic E-state index is 0.252. The predicted octanol–water partition coefficient (Wildman–Crippen LogP) is 3.24. The van der Waals surface area contributed by atoms with Crippen LogP contribution < -0.4 is 5.32 Å². The number of amides is 4. The van der Waals surface area contributed by atoms with Gasteiger partial charge in [0.25, 0.3) is 5.91 Å². The van der Waals surface area contributed by atoms with Gasteiger partial charge in [-0.2, -0.15) is 0 Å². The third-order valence-corrected chi connectivity index (χ3v) is 6.17. The van der Waals surface area contributed by atoms with Crippen molar-refractivity contribution in [1.29, 1.82) is 0 Å². The van der Waals surface area contributed by atoms with Gasteiger partial charge in [-0.3, -0.25) is 14.5 Å². The van der Waals surface area contributed by atoms with E-state index < -0.39 is 11.6 Å². The third-order valence-electron chi connectivity index (χ3n) is 6.17. The molecule has 6 nitrogen and oxygen atoms in total. The van der Waals surface area contributed by atoms with Crippen LogP contribution in [-0.4, -0.2) is 46.8 Å². The molecule has 2 fully saturated rings. The van der Waals surface area contributed by atoms with Gasteiger partial charge in [-0.1, -0.05) is 26.0 Å². The average molecular weight is 389 g/mol. The monoisotopic (exact) mass is 389 g/mol. The Morgan fingerprint density at radius 2 is 1.89 bits per heavy atom. The van der Waals surface area contributed by atoms with Crippen LogP contribution in [0.5, 0.6) is 0 Å². The highest BCUT2D eigenvalue weighted by Crippen LogP contribution is 2.36. The van der Waals surface area contributed by atoms with Gasteiger partial charge in [0.1, 0.15) is 17.9 Å². The molecule has 3 rings (SSSR count). The van der Waals surface area contributed by atoms with Crippen molar-refractivity contribution < 1.29 is 18.8 Å². The summed E-state index contributed by atoms with van der Waals surface area (Å²) >= 11 is 0. The Balaban J connectivity index is 1.70. The van der Waals surface area contributed by atoms with Gasteiger partial charge >= 0.3 is 6.03 Å². The molecule has 7 heteroatoms. The number of likely N-dealkylation sites (N-methyl/N-ethyl adjacent to an activating group) is 1. The average Bonchev–Trinajstić information content (AvgIpc) is 2.90. The first-order valence-corrected chi connectivity index (χ1v) is 9.92. The largest absolute Gasteiger partial charge is 0.337 e. The van der Waals surface area contributed by atoms with Crippen LogP contribution in [0, 0.1) is 11.7 Å². The number of carbonyl (C=O) groups excluding carboxylic acids is 3. The van der Waals surface area contributed by atoms with E-state index in [0.717, 1.165) is 23.3 Å². The molecule has 2 aliphatic rings. The van der Waals surface area contributed by atoms with E-state index in [1.54, 1.807) is 19.2 Å². The van der Waals surface area contributed by atoms with Gasteiger partial charge in [0.15, 0.2) is 0 Å². The number of hydrogen-bond acceptors (Lipinski definition) is 3. The highest BCUT2D eigenvalue weighted by atomic mass is 19.1. The van der Waals surface area contributed by atoms with Crippen molar-refractivity contribution in [1.82, 2.24) is 15.1 Å². The van der Waals surface area contributed by atoms with Crippen molar-refractivity contribution in [2.24, 2.45) is 5.92 Å². The molecule has 0 bridgehead atoms. The van der Waals surface area contributed by atoms with Gasteiger partial charge in [-0.15, -0.1) is 0 Å². The fourth-order valence-corrected chi connectivity index (χ4v) is 4.25. The van der Waals surface area contributed by atoms with Crippen LogP contribution in [0.2, 0.25) is 0 Å². The van der Waals surface area contributed by atoms with Crippen molar-refractivity contribution in [3.8, 4) is 0 Å². The molecule has 0 aromatic heterocycles. The lowest BCUT2D eigenvalue weighted by atomic mass is 9.77. The number of nitrogens with one attached hydrogen (secondary N) is 1. The van der Waals surface area contributed by atoms with E-state index in [1.807, 2.05) is 6.92 Å². The summed E-state index contributed by atoms with van der Waals surface area (Å²) in [6.07, 6.45) is 3.64. The number of benzene rings is 1. The van der Waals surface area contributed by atoms with Crippen LogP contribution in [0.4, 0.5) is 9.18 Å². The quantitative estimate of drug-likeness (QED) is 0.786. The van der Waals surface area contributed by atoms with Crippen molar-refractivity contribution >= 4 is 17.8 Å². The topological polar surface area (TPSA) is 69.7 Å². The predicted molar refractivity (Wildman–Crippen MR) is 103 cm³/mol. The number of urea groups is 1. The Hall–Kier alpha value is -2.44. The third kappa shape index (κ3) is 3.75. The Labute approximate surface area is 165 Å². The molecule has 4 amide bonds. The van der Waals surface area contributed by atoms with Gasteiger partial charge in [0.05, 0.1) is 6.04 Å². The molecule has 1 aromatic carbocycles. The molecule has 1 unspecified atom stereocenters. The minimum atomic E-state index is -0.844. The summed E-state index contributed by atoms with van der Waals surface area (Å²) in [7, 11) is 1.65. The van der Waals surface area contributed by atoms with E-state index in [-0.39, 0.29) is 30.2 Å². The summed E-state index contributed by atoms with van der Waals surface area (Å²) in [6.45, 7) is 3.80. The lowest BCUT2D eigenvalue weighted by Gasteiger charge is -2.33. The van der Waals surface area contributed by atoms with Crippen LogP contribution in [0.25, 0.3) is 0 Å². The van der Waals surface area contributed by atoms with Crippen molar-refractivity contribution in [3.05, 3.63) is 35.6 Å². The maximum atomic E-state index is 13.2. The number of rotatable bonds is 5. The maximum absolute atomic E-state index is 13.2. The minimum Gasteiger partial charge on any atom is -0.337 e. The number of nitrogens with zero attached hydrogens (tertiary/aromatic N) is 2. The van der Waals surface area contributed by atoms with Crippen molar-refractivity contribution in [2.75, 3.05) is 13.6 Å². The Morgan fingerprint density at radius 3 is 2.46 bits per heavy atom. The molecule has 28 heavy (non-hydrogen) atoms. The number of hydrogen-bond donors (Lipinski definition) is 1. The second-order valence-corrected chi connectivity index (χ2v) is 8.07. The zero-order chi connectivity index (χ0) is 20.5. The fraction of sp³-hybridized carbons (Fsp3) is 0.571. The van der Waals surface area contributed by atoms with Crippen LogP contribution >= 0.6 is 0 Å². The summed E-state index contributed by atoms with van der Waals surface area (Å²) in [5, 5.41) is 2.84. The molecular weight excluding hydrogens is 361 g/mol. The molecule has 1 heterocycles. The van der Waals surface area contributed by atoms with Crippen LogP contribution in [0.15, 0.2) is 24.3 Å². The van der Waals surface area contributed by atoms with Gasteiger partial charge in [0.2, 0.25) is 5.91 Å². The van der Waals surface area contributed by atoms with Crippen LogP contribution in [0.3, 0.4) is 0 Å². The standard InChI is InChI=1S/C21H28FN3O3/c1-4-17(15-5-7-16(22)8-6-15)24(3)18(26)13-25-19(27)21(23-20(25)28)11-9-14(2)10-12-21/h5-8,14,17H,4,9-13H2,1-3H3,(H,23,28). The summed E-state index contributed by atoms with van der Waals surface area (Å²) in [5.74, 6) is -0.404. The van der Waals surface area contributed by atoms with Crippen LogP contribution in [-0.2, 0) is 9.59 Å². The van der Waals surface area contributed by atoms with Crippen molar-refractivity contribution in [2.45, 2.75) is 57.5 Å². The summed E-state index contributed by atoms with van der Waals surface area (Å²) in [5.41, 5.74) is -0.0292. The highest BCUT2D eigenvalue weighted by Gasteiger charge is 2.52. The molecule has 1 saturated carbocycles. The first-order chi connectivity index (χ1) is 13.3. The molecule has 1 atom stereocenters. The van der Waals surface area contributed by atoms with E-state index in [9.17, 15) is 18.8 Å². The normalized spacial score (nSPS) is 25.7. The molecule has 1 aromatic rings. The second-order valence-electron chi connectivity index (χ2n) is 8.07. The lowest BCUT2D eigenvalue weighted by Crippen LogP contribution is -2.50. The van der Waals surface area contributed by atoms with E-state index >= 15 is 0 Å². The zero-order valence-corrected chi connectivity index (χ0v) is 16.7. The molecule has 1 N–H and O–H groups in total. The summed E-state index contributed by atoms with van der Waals surface area (Å²) in [6, 6.07) is 5.29. The molecule has 1 saturated heterocycles. The molecule has 1 spiro atoms. The SMILES string of the molecule is CCC(c1ccc(F)cc1)N(C)C(=O)CN1C(=O)NC2(CCC(C)CC2)C1=O. The van der Waals surface area contributed by atoms with Gasteiger partial charge in [-0.05, 0) is 55.7 Å². The van der Waals surface area contributed by atoms with Crippen LogP contribution in [0.1, 0.15) is 57.6 Å². The lowest BCUT2D eigenvalue weighted by molar-refractivity contribution is -0.140. The smallest absolute Gasteiger partial charge is 0.325 e. The Morgan fingerprint density at radius 1 is 1.29 bits per heavy atom. The van der Waals surface area contributed by atoms with Crippen molar-refractivity contribution in [3.63, 3.8) is 0 Å². The maximum Gasteiger partial charge on any atom is 0.325 e. The van der Waals surface area contributed by atoms with Gasteiger partial charge in [0, 0.05) is 7.05 Å². The fourth-order valence-electron chi connectivity index (χ4n) is 4.25. The van der Waals surface area contributed by atoms with Gasteiger partial charge in [-0.25, -0.2) is 9.18 Å². The molecule has 1 aliphatic heterocycles. The number of carbonyl (C=O) groups is 3. The van der Waals surface area contributed by atoms with E-state index in [0.29, 0.717) is 25.2 Å². The van der Waals surface area contributed by atoms with Gasteiger partial charge < -0.3 is 10.2 Å². The first-order valence-electron chi connectivity index (χ1n) is 9.92. The Kier molecular flexibility index (Phi) is 5.72. The molecule has 152 valence electrons. The highest BCUT2D eigenvalue weighted by molar-refractivity contribution is 6.09. The zero-order valence-electron chi connectivity index (χ0n) is 16.7. The molecular formula is C21H28FN3O3. The Bertz CT molecular complexity index is 757.